The summed E-state index contributed by atoms with van der Waals surface area (Å²) < 4.78 is 0. The van der Waals surface area contributed by atoms with E-state index in [9.17, 15) is 4.79 Å². The molecular weight excluding hydrogens is 166 g/mol. The van der Waals surface area contributed by atoms with E-state index in [1.165, 1.54) is 6.42 Å². The maximum atomic E-state index is 11.2. The molecule has 0 radical (unpaired) electrons. The minimum atomic E-state index is 0.00870. The number of rotatable bonds is 3. The zero-order chi connectivity index (χ0) is 9.10. The predicted octanol–water partition coefficient (Wildman–Crippen LogP) is 0.0575. The highest BCUT2D eigenvalue weighted by Crippen LogP contribution is 2.18. The highest BCUT2D eigenvalue weighted by Gasteiger charge is 2.23. The topological polar surface area (TPSA) is 53.2 Å². The molecular formula is C9H17N3O. The van der Waals surface area contributed by atoms with Crippen LogP contribution < -0.4 is 16.0 Å². The average molecular weight is 183 g/mol. The van der Waals surface area contributed by atoms with Crippen molar-refractivity contribution in [3.63, 3.8) is 0 Å². The maximum absolute atomic E-state index is 11.2. The molecule has 0 spiro atoms. The van der Waals surface area contributed by atoms with Crippen LogP contribution in [0.25, 0.3) is 0 Å². The molecule has 1 saturated carbocycles. The molecule has 74 valence electrons. The molecule has 2 aliphatic rings. The summed E-state index contributed by atoms with van der Waals surface area (Å²) >= 11 is 0. The van der Waals surface area contributed by atoms with Gasteiger partial charge in [0.15, 0.2) is 0 Å². The van der Waals surface area contributed by atoms with Crippen LogP contribution in [0.15, 0.2) is 0 Å². The first-order chi connectivity index (χ1) is 6.34. The minimum Gasteiger partial charge on any atom is -0.338 e. The first-order valence-electron chi connectivity index (χ1n) is 5.09. The van der Waals surface area contributed by atoms with Crippen LogP contribution in [0.1, 0.15) is 19.3 Å². The molecule has 4 nitrogen and oxygen atoms in total. The van der Waals surface area contributed by atoms with Gasteiger partial charge < -0.3 is 16.0 Å². The van der Waals surface area contributed by atoms with Gasteiger partial charge in [0.2, 0.25) is 0 Å². The molecule has 1 unspecified atom stereocenters. The number of amides is 2. The van der Waals surface area contributed by atoms with Crippen molar-refractivity contribution in [3.8, 4) is 0 Å². The van der Waals surface area contributed by atoms with Gasteiger partial charge in [-0.3, -0.25) is 0 Å². The number of carbonyl (C=O) groups is 1. The van der Waals surface area contributed by atoms with E-state index in [1.807, 2.05) is 0 Å². The minimum absolute atomic E-state index is 0.00870. The van der Waals surface area contributed by atoms with Crippen molar-refractivity contribution in [2.24, 2.45) is 5.92 Å². The zero-order valence-corrected chi connectivity index (χ0v) is 7.81. The number of carbonyl (C=O) groups excluding carboxylic acids is 1. The molecule has 13 heavy (non-hydrogen) atoms. The van der Waals surface area contributed by atoms with Crippen molar-refractivity contribution in [2.75, 3.05) is 19.6 Å². The van der Waals surface area contributed by atoms with Crippen molar-refractivity contribution < 1.29 is 4.79 Å². The summed E-state index contributed by atoms with van der Waals surface area (Å²) in [6.45, 7) is 2.95. The second-order valence-corrected chi connectivity index (χ2v) is 3.99. The Bertz CT molecular complexity index is 185. The van der Waals surface area contributed by atoms with Crippen LogP contribution in [0.3, 0.4) is 0 Å². The first kappa shape index (κ1) is 8.81. The second kappa shape index (κ2) is 3.96. The molecule has 2 rings (SSSR count). The van der Waals surface area contributed by atoms with Crippen LogP contribution >= 0.6 is 0 Å². The van der Waals surface area contributed by atoms with Gasteiger partial charge in [-0.2, -0.15) is 0 Å². The number of hydrogen-bond acceptors (Lipinski definition) is 2. The Balaban J connectivity index is 1.57. The van der Waals surface area contributed by atoms with Gasteiger partial charge in [-0.1, -0.05) is 0 Å². The summed E-state index contributed by atoms with van der Waals surface area (Å²) in [5, 5.41) is 9.09. The lowest BCUT2D eigenvalue weighted by Gasteiger charge is -2.10. The SMILES string of the molecule is O=C(NCC1CCNC1)NC1CC1. The highest BCUT2D eigenvalue weighted by molar-refractivity contribution is 5.74. The van der Waals surface area contributed by atoms with Crippen molar-refractivity contribution >= 4 is 6.03 Å². The number of urea groups is 1. The summed E-state index contributed by atoms with van der Waals surface area (Å²) in [6, 6.07) is 0.469. The predicted molar refractivity (Wildman–Crippen MR) is 50.5 cm³/mol. The normalized spacial score (nSPS) is 27.2. The van der Waals surface area contributed by atoms with Gasteiger partial charge in [-0.05, 0) is 38.3 Å². The van der Waals surface area contributed by atoms with Gasteiger partial charge in [0, 0.05) is 12.6 Å². The van der Waals surface area contributed by atoms with E-state index in [2.05, 4.69) is 16.0 Å². The van der Waals surface area contributed by atoms with Gasteiger partial charge in [0.05, 0.1) is 0 Å². The Morgan fingerprint density at radius 3 is 2.85 bits per heavy atom. The summed E-state index contributed by atoms with van der Waals surface area (Å²) in [5.41, 5.74) is 0. The van der Waals surface area contributed by atoms with E-state index < -0.39 is 0 Å². The molecule has 1 atom stereocenters. The van der Waals surface area contributed by atoms with E-state index >= 15 is 0 Å². The van der Waals surface area contributed by atoms with Gasteiger partial charge in [-0.25, -0.2) is 4.79 Å². The van der Waals surface area contributed by atoms with Crippen molar-refractivity contribution in [3.05, 3.63) is 0 Å². The first-order valence-corrected chi connectivity index (χ1v) is 5.09. The van der Waals surface area contributed by atoms with Gasteiger partial charge in [-0.15, -0.1) is 0 Å². The van der Waals surface area contributed by atoms with Crippen LogP contribution in [0.5, 0.6) is 0 Å². The van der Waals surface area contributed by atoms with Crippen LogP contribution in [0.2, 0.25) is 0 Å². The Morgan fingerprint density at radius 2 is 2.23 bits per heavy atom. The molecule has 1 heterocycles. The smallest absolute Gasteiger partial charge is 0.315 e. The molecule has 0 aromatic rings. The van der Waals surface area contributed by atoms with Gasteiger partial charge in [0.1, 0.15) is 0 Å². The fraction of sp³-hybridized carbons (Fsp3) is 0.889. The molecule has 1 saturated heterocycles. The fourth-order valence-electron chi connectivity index (χ4n) is 1.59. The van der Waals surface area contributed by atoms with E-state index in [0.29, 0.717) is 12.0 Å². The monoisotopic (exact) mass is 183 g/mol. The Kier molecular flexibility index (Phi) is 2.68. The fourth-order valence-corrected chi connectivity index (χ4v) is 1.59. The molecule has 0 aromatic carbocycles. The molecule has 2 amide bonds. The Morgan fingerprint density at radius 1 is 1.38 bits per heavy atom. The largest absolute Gasteiger partial charge is 0.338 e. The summed E-state index contributed by atoms with van der Waals surface area (Å²) in [6.07, 6.45) is 3.49. The van der Waals surface area contributed by atoms with E-state index in [4.69, 9.17) is 0 Å². The third-order valence-electron chi connectivity index (χ3n) is 2.63. The molecule has 1 aliphatic carbocycles. The van der Waals surface area contributed by atoms with Crippen molar-refractivity contribution in [2.45, 2.75) is 25.3 Å². The van der Waals surface area contributed by atoms with Crippen molar-refractivity contribution in [1.29, 1.82) is 0 Å². The van der Waals surface area contributed by atoms with Crippen LogP contribution in [-0.4, -0.2) is 31.7 Å². The summed E-state index contributed by atoms with van der Waals surface area (Å²) in [4.78, 5) is 11.2. The second-order valence-electron chi connectivity index (χ2n) is 3.99. The lowest BCUT2D eigenvalue weighted by Crippen LogP contribution is -2.39. The van der Waals surface area contributed by atoms with E-state index in [1.54, 1.807) is 0 Å². The van der Waals surface area contributed by atoms with Crippen LogP contribution in [0, 0.1) is 5.92 Å². The molecule has 1 aliphatic heterocycles. The van der Waals surface area contributed by atoms with Crippen LogP contribution in [0.4, 0.5) is 4.79 Å². The Hall–Kier alpha value is -0.770. The molecule has 0 aromatic heterocycles. The molecule has 0 bridgehead atoms. The van der Waals surface area contributed by atoms with Crippen LogP contribution in [-0.2, 0) is 0 Å². The molecule has 4 heteroatoms. The standard InChI is InChI=1S/C9H17N3O/c13-9(12-8-1-2-8)11-6-7-3-4-10-5-7/h7-8,10H,1-6H2,(H2,11,12,13). The number of nitrogens with one attached hydrogen (secondary N) is 3. The lowest BCUT2D eigenvalue weighted by molar-refractivity contribution is 0.239. The Labute approximate surface area is 78.5 Å². The summed E-state index contributed by atoms with van der Waals surface area (Å²) in [5.74, 6) is 0.630. The lowest BCUT2D eigenvalue weighted by atomic mass is 10.1. The van der Waals surface area contributed by atoms with Gasteiger partial charge in [0.25, 0.3) is 0 Å². The van der Waals surface area contributed by atoms with E-state index in [0.717, 1.165) is 32.5 Å². The average Bonchev–Trinajstić information content (AvgIpc) is 2.78. The number of hydrogen-bond donors (Lipinski definition) is 3. The maximum Gasteiger partial charge on any atom is 0.315 e. The third kappa shape index (κ3) is 2.88. The molecule has 3 N–H and O–H groups in total. The quantitative estimate of drug-likeness (QED) is 0.579. The zero-order valence-electron chi connectivity index (χ0n) is 7.81. The van der Waals surface area contributed by atoms with Crippen molar-refractivity contribution in [1.82, 2.24) is 16.0 Å². The third-order valence-corrected chi connectivity index (χ3v) is 2.63. The van der Waals surface area contributed by atoms with Gasteiger partial charge >= 0.3 is 6.03 Å². The molecule has 2 fully saturated rings. The van der Waals surface area contributed by atoms with E-state index in [-0.39, 0.29) is 6.03 Å². The summed E-state index contributed by atoms with van der Waals surface area (Å²) in [7, 11) is 0. The highest BCUT2D eigenvalue weighted by atomic mass is 16.2.